The average Bonchev–Trinajstić information content (AvgIpc) is 3.43. The first-order valence-electron chi connectivity index (χ1n) is 13.1. The molecule has 0 spiro atoms. The summed E-state index contributed by atoms with van der Waals surface area (Å²) in [5.41, 5.74) is 9.40. The number of carbonyl (C=O) groups excluding carboxylic acids is 4. The van der Waals surface area contributed by atoms with Crippen molar-refractivity contribution in [1.82, 2.24) is 9.13 Å². The van der Waals surface area contributed by atoms with Gasteiger partial charge in [0.1, 0.15) is 0 Å². The predicted octanol–water partition coefficient (Wildman–Crippen LogP) is 7.14. The number of hydrogen-bond acceptors (Lipinski definition) is 4. The summed E-state index contributed by atoms with van der Waals surface area (Å²) >= 11 is 0. The van der Waals surface area contributed by atoms with Gasteiger partial charge < -0.3 is 9.13 Å². The van der Waals surface area contributed by atoms with Crippen molar-refractivity contribution in [3.63, 3.8) is 0 Å². The molecule has 0 bridgehead atoms. The summed E-state index contributed by atoms with van der Waals surface area (Å²) in [7, 11) is 0. The lowest BCUT2D eigenvalue weighted by Gasteiger charge is -2.08. The minimum absolute atomic E-state index is 0.250. The molecule has 41 heavy (non-hydrogen) atoms. The molecule has 0 amide bonds. The quantitative estimate of drug-likeness (QED) is 0.236. The monoisotopic (exact) mass is 544 g/mol. The van der Waals surface area contributed by atoms with Crippen molar-refractivity contribution in [3.8, 4) is 0 Å². The molecule has 0 saturated heterocycles. The third-order valence-corrected chi connectivity index (χ3v) is 6.93. The topological polar surface area (TPSA) is 78.1 Å². The average molecular weight is 545 g/mol. The Bertz CT molecular complexity index is 1740. The maximum absolute atomic E-state index is 8.12. The van der Waals surface area contributed by atoms with E-state index in [9.17, 15) is 0 Å². The second-order valence-corrected chi connectivity index (χ2v) is 9.38. The van der Waals surface area contributed by atoms with Gasteiger partial charge in [-0.15, -0.1) is 0 Å². The van der Waals surface area contributed by atoms with Gasteiger partial charge in [-0.2, -0.15) is 19.2 Å². The van der Waals surface area contributed by atoms with Gasteiger partial charge in [0.2, 0.25) is 0 Å². The molecule has 0 N–H and O–H groups in total. The van der Waals surface area contributed by atoms with E-state index in [4.69, 9.17) is 19.2 Å². The molecule has 6 rings (SSSR count). The van der Waals surface area contributed by atoms with Crippen LogP contribution < -0.4 is 0 Å². The summed E-state index contributed by atoms with van der Waals surface area (Å²) in [6, 6.07) is 40.7. The van der Waals surface area contributed by atoms with Gasteiger partial charge in [-0.05, 0) is 61.0 Å². The standard InChI is InChI=1S/C17H17N.C16H15N.2CO2/c1-13-14(2)18(12-15-8-4-3-5-9-15)17-11-7-6-10-16(13)17;1-13-11-15-9-5-6-10-16(15)17(13)12-14-7-3-2-4-8-14;2*2-1-3/h3-11H,12H2,1-2H3;2-11H,12H2,1H3;;. The summed E-state index contributed by atoms with van der Waals surface area (Å²) < 4.78 is 4.77. The minimum Gasteiger partial charge on any atom is -0.340 e. The highest BCUT2D eigenvalue weighted by Crippen LogP contribution is 2.25. The van der Waals surface area contributed by atoms with E-state index in [2.05, 4.69) is 145 Å². The Labute approximate surface area is 239 Å². The van der Waals surface area contributed by atoms with Crippen LogP contribution in [0.3, 0.4) is 0 Å². The number of benzene rings is 4. The number of rotatable bonds is 4. The lowest BCUT2D eigenvalue weighted by Crippen LogP contribution is -2.01. The van der Waals surface area contributed by atoms with E-state index in [0.29, 0.717) is 0 Å². The van der Waals surface area contributed by atoms with Crippen LogP contribution >= 0.6 is 0 Å². The molecule has 6 nitrogen and oxygen atoms in total. The number of hydrogen-bond donors (Lipinski definition) is 0. The molecule has 206 valence electrons. The van der Waals surface area contributed by atoms with Crippen molar-refractivity contribution in [3.05, 3.63) is 143 Å². The van der Waals surface area contributed by atoms with Crippen LogP contribution in [0.1, 0.15) is 28.1 Å². The molecule has 0 aliphatic heterocycles. The normalized spacial score (nSPS) is 9.73. The molecule has 4 aromatic carbocycles. The first-order chi connectivity index (χ1) is 19.9. The summed E-state index contributed by atoms with van der Waals surface area (Å²) in [4.78, 5) is 32.5. The summed E-state index contributed by atoms with van der Waals surface area (Å²) in [5, 5.41) is 2.69. The lowest BCUT2D eigenvalue weighted by molar-refractivity contribution is -0.193. The van der Waals surface area contributed by atoms with Gasteiger partial charge in [-0.3, -0.25) is 0 Å². The molecule has 0 aliphatic carbocycles. The zero-order valence-corrected chi connectivity index (χ0v) is 23.4. The maximum Gasteiger partial charge on any atom is 0.373 e. The fourth-order valence-corrected chi connectivity index (χ4v) is 4.90. The summed E-state index contributed by atoms with van der Waals surface area (Å²) in [6.45, 7) is 8.47. The van der Waals surface area contributed by atoms with Crippen LogP contribution in [0.4, 0.5) is 0 Å². The van der Waals surface area contributed by atoms with Crippen molar-refractivity contribution >= 4 is 34.1 Å². The van der Waals surface area contributed by atoms with Crippen LogP contribution in [0.25, 0.3) is 21.8 Å². The van der Waals surface area contributed by atoms with E-state index >= 15 is 0 Å². The number of aromatic nitrogens is 2. The van der Waals surface area contributed by atoms with E-state index in [1.807, 2.05) is 0 Å². The van der Waals surface area contributed by atoms with Crippen LogP contribution in [0.5, 0.6) is 0 Å². The Morgan fingerprint density at radius 1 is 0.537 bits per heavy atom. The third-order valence-electron chi connectivity index (χ3n) is 6.93. The molecule has 2 heterocycles. The second kappa shape index (κ2) is 15.3. The minimum atomic E-state index is 0.250. The Morgan fingerprint density at radius 3 is 1.54 bits per heavy atom. The van der Waals surface area contributed by atoms with Gasteiger partial charge >= 0.3 is 12.3 Å². The number of para-hydroxylation sites is 2. The molecule has 6 heteroatoms. The van der Waals surface area contributed by atoms with Crippen LogP contribution in [-0.4, -0.2) is 21.4 Å². The zero-order valence-electron chi connectivity index (χ0n) is 23.4. The van der Waals surface area contributed by atoms with Gasteiger partial charge in [0.15, 0.2) is 0 Å². The molecule has 0 atom stereocenters. The number of nitrogens with zero attached hydrogens (tertiary/aromatic N) is 2. The lowest BCUT2D eigenvalue weighted by atomic mass is 10.2. The highest BCUT2D eigenvalue weighted by atomic mass is 16.2. The Kier molecular flexibility index (Phi) is 11.3. The molecule has 0 aliphatic rings. The first kappa shape index (κ1) is 30.3. The molecule has 0 saturated carbocycles. The molecule has 6 aromatic rings. The molecular formula is C35H32N2O4. The zero-order chi connectivity index (χ0) is 29.6. The van der Waals surface area contributed by atoms with E-state index in [1.165, 1.54) is 49.9 Å². The second-order valence-electron chi connectivity index (χ2n) is 9.38. The molecule has 2 aromatic heterocycles. The van der Waals surface area contributed by atoms with E-state index < -0.39 is 0 Å². The first-order valence-corrected chi connectivity index (χ1v) is 13.1. The van der Waals surface area contributed by atoms with Crippen molar-refractivity contribution < 1.29 is 19.2 Å². The predicted molar refractivity (Wildman–Crippen MR) is 159 cm³/mol. The van der Waals surface area contributed by atoms with Crippen molar-refractivity contribution in [2.75, 3.05) is 0 Å². The Balaban J connectivity index is 0.000000190. The summed E-state index contributed by atoms with van der Waals surface area (Å²) in [6.07, 6.45) is 0.500. The smallest absolute Gasteiger partial charge is 0.340 e. The Hall–Kier alpha value is -5.28. The fraction of sp³-hybridized carbons (Fsp3) is 0.143. The van der Waals surface area contributed by atoms with Gasteiger partial charge in [0, 0.05) is 40.9 Å². The van der Waals surface area contributed by atoms with E-state index in [1.54, 1.807) is 0 Å². The highest BCUT2D eigenvalue weighted by molar-refractivity contribution is 5.85. The van der Waals surface area contributed by atoms with Crippen LogP contribution in [0, 0.1) is 20.8 Å². The van der Waals surface area contributed by atoms with Crippen molar-refractivity contribution in [2.24, 2.45) is 0 Å². The van der Waals surface area contributed by atoms with Gasteiger partial charge in [0.25, 0.3) is 0 Å². The van der Waals surface area contributed by atoms with Crippen molar-refractivity contribution in [1.29, 1.82) is 0 Å². The number of aryl methyl sites for hydroxylation is 2. The molecule has 0 fully saturated rings. The largest absolute Gasteiger partial charge is 0.373 e. The highest BCUT2D eigenvalue weighted by Gasteiger charge is 2.10. The van der Waals surface area contributed by atoms with Gasteiger partial charge in [-0.25, -0.2) is 0 Å². The van der Waals surface area contributed by atoms with E-state index in [-0.39, 0.29) is 12.3 Å². The van der Waals surface area contributed by atoms with Gasteiger partial charge in [-0.1, -0.05) is 97.1 Å². The molecular weight excluding hydrogens is 512 g/mol. The maximum atomic E-state index is 8.12. The van der Waals surface area contributed by atoms with E-state index in [0.717, 1.165) is 13.1 Å². The Morgan fingerprint density at radius 2 is 0.976 bits per heavy atom. The van der Waals surface area contributed by atoms with Gasteiger partial charge in [0.05, 0.1) is 0 Å². The number of fused-ring (bicyclic) bond motifs is 2. The third kappa shape index (κ3) is 7.87. The van der Waals surface area contributed by atoms with Crippen LogP contribution in [0.15, 0.2) is 115 Å². The van der Waals surface area contributed by atoms with Crippen molar-refractivity contribution in [2.45, 2.75) is 33.9 Å². The SMILES string of the molecule is Cc1c(C)n(Cc2ccccc2)c2ccccc12.Cc1cc2ccccc2n1Cc1ccccc1.O=C=O.O=C=O. The molecule has 0 unspecified atom stereocenters. The van der Waals surface area contributed by atoms with Crippen LogP contribution in [0.2, 0.25) is 0 Å². The summed E-state index contributed by atoms with van der Waals surface area (Å²) in [5.74, 6) is 0. The van der Waals surface area contributed by atoms with Crippen LogP contribution in [-0.2, 0) is 32.3 Å². The molecule has 0 radical (unpaired) electrons. The fourth-order valence-electron chi connectivity index (χ4n) is 4.90.